The minimum absolute atomic E-state index is 0.0428. The van der Waals surface area contributed by atoms with Gasteiger partial charge in [-0.2, -0.15) is 0 Å². The number of rotatable bonds is 4. The highest BCUT2D eigenvalue weighted by atomic mass is 16.4. The average molecular weight is 301 g/mol. The maximum absolute atomic E-state index is 12.3. The van der Waals surface area contributed by atoms with Gasteiger partial charge in [0.05, 0.1) is 18.1 Å². The number of carbonyl (C=O) groups is 2. The number of nitrogens with zero attached hydrogens (tertiary/aromatic N) is 1. The molecule has 1 aromatic heterocycles. The summed E-state index contributed by atoms with van der Waals surface area (Å²) in [5, 5.41) is 21.7. The third-order valence-electron chi connectivity index (χ3n) is 4.15. The lowest BCUT2D eigenvalue weighted by molar-refractivity contribution is -0.310. The van der Waals surface area contributed by atoms with Crippen LogP contribution in [0.25, 0.3) is 10.9 Å². The molecule has 1 aliphatic rings. The number of aliphatic hydroxyl groups is 1. The number of H-pyrrole nitrogens is 1. The fourth-order valence-electron chi connectivity index (χ4n) is 3.04. The van der Waals surface area contributed by atoms with Crippen molar-refractivity contribution >= 4 is 22.8 Å². The Morgan fingerprint density at radius 2 is 2.14 bits per heavy atom. The molecule has 1 fully saturated rings. The molecule has 0 aliphatic carbocycles. The molecule has 2 aromatic rings. The van der Waals surface area contributed by atoms with Crippen molar-refractivity contribution in [1.82, 2.24) is 9.88 Å². The summed E-state index contributed by atoms with van der Waals surface area (Å²) in [6.07, 6.45) is 1.85. The van der Waals surface area contributed by atoms with Crippen LogP contribution in [-0.2, 0) is 16.0 Å². The highest BCUT2D eigenvalue weighted by Gasteiger charge is 2.34. The Kier molecular flexibility index (Phi) is 3.85. The molecule has 2 heterocycles. The van der Waals surface area contributed by atoms with E-state index < -0.39 is 18.1 Å². The van der Waals surface area contributed by atoms with Crippen LogP contribution in [0, 0.1) is 0 Å². The Bertz CT molecular complexity index is 709. The van der Waals surface area contributed by atoms with Crippen LogP contribution in [0.4, 0.5) is 0 Å². The van der Waals surface area contributed by atoms with E-state index in [1.807, 2.05) is 30.5 Å². The largest absolute Gasteiger partial charge is 0.548 e. The minimum Gasteiger partial charge on any atom is -0.548 e. The molecule has 3 rings (SSSR count). The van der Waals surface area contributed by atoms with Crippen molar-refractivity contribution in [3.63, 3.8) is 0 Å². The molecule has 116 valence electrons. The fourth-order valence-corrected chi connectivity index (χ4v) is 3.04. The molecule has 1 amide bonds. The van der Waals surface area contributed by atoms with Crippen molar-refractivity contribution in [2.75, 3.05) is 6.54 Å². The number of benzene rings is 1. The van der Waals surface area contributed by atoms with E-state index in [9.17, 15) is 19.8 Å². The summed E-state index contributed by atoms with van der Waals surface area (Å²) in [5.41, 5.74) is 2.03. The van der Waals surface area contributed by atoms with E-state index in [4.69, 9.17) is 0 Å². The molecule has 2 N–H and O–H groups in total. The molecule has 1 aliphatic heterocycles. The first-order valence-electron chi connectivity index (χ1n) is 7.29. The fraction of sp³-hybridized carbons (Fsp3) is 0.375. The van der Waals surface area contributed by atoms with Crippen molar-refractivity contribution in [3.05, 3.63) is 36.0 Å². The molecular formula is C16H17N2O4-. The van der Waals surface area contributed by atoms with E-state index >= 15 is 0 Å². The number of β-amino-alcohol motifs (C(OH)–C–C–N with tert-alkyl or cyclic N) is 1. The van der Waals surface area contributed by atoms with Crippen LogP contribution in [0.5, 0.6) is 0 Å². The predicted octanol–water partition coefficient (Wildman–Crippen LogP) is -0.188. The maximum atomic E-state index is 12.3. The van der Waals surface area contributed by atoms with Crippen LogP contribution in [-0.4, -0.2) is 45.6 Å². The van der Waals surface area contributed by atoms with Gasteiger partial charge in [-0.25, -0.2) is 0 Å². The second kappa shape index (κ2) is 5.81. The van der Waals surface area contributed by atoms with Crippen LogP contribution in [0.15, 0.2) is 30.5 Å². The van der Waals surface area contributed by atoms with Gasteiger partial charge in [0, 0.05) is 36.5 Å². The predicted molar refractivity (Wildman–Crippen MR) is 77.8 cm³/mol. The van der Waals surface area contributed by atoms with Gasteiger partial charge in [-0.05, 0) is 18.1 Å². The topological polar surface area (TPSA) is 96.5 Å². The molecule has 22 heavy (non-hydrogen) atoms. The number of carboxylic acid groups (broad SMARTS) is 1. The zero-order chi connectivity index (χ0) is 15.7. The van der Waals surface area contributed by atoms with E-state index in [0.29, 0.717) is 6.42 Å². The van der Waals surface area contributed by atoms with Gasteiger partial charge in [0.25, 0.3) is 0 Å². The lowest BCUT2D eigenvalue weighted by Gasteiger charge is -2.25. The summed E-state index contributed by atoms with van der Waals surface area (Å²) in [6.45, 7) is 0.0609. The van der Waals surface area contributed by atoms with Crippen LogP contribution in [0.2, 0.25) is 0 Å². The van der Waals surface area contributed by atoms with Gasteiger partial charge >= 0.3 is 0 Å². The summed E-state index contributed by atoms with van der Waals surface area (Å²) in [6, 6.07) is 6.79. The van der Waals surface area contributed by atoms with Gasteiger partial charge in [-0.1, -0.05) is 18.2 Å². The van der Waals surface area contributed by atoms with Crippen molar-refractivity contribution in [2.45, 2.75) is 31.4 Å². The normalized spacial score (nSPS) is 21.4. The lowest BCUT2D eigenvalue weighted by atomic mass is 10.1. The van der Waals surface area contributed by atoms with E-state index in [1.165, 1.54) is 4.90 Å². The number of nitrogens with one attached hydrogen (secondary N) is 1. The summed E-state index contributed by atoms with van der Waals surface area (Å²) >= 11 is 0. The van der Waals surface area contributed by atoms with Crippen LogP contribution in [0.3, 0.4) is 0 Å². The molecule has 6 heteroatoms. The van der Waals surface area contributed by atoms with E-state index in [1.54, 1.807) is 0 Å². The highest BCUT2D eigenvalue weighted by Crippen LogP contribution is 2.22. The highest BCUT2D eigenvalue weighted by molar-refractivity contribution is 5.86. The van der Waals surface area contributed by atoms with Gasteiger partial charge in [0.1, 0.15) is 0 Å². The minimum atomic E-state index is -1.31. The molecular weight excluding hydrogens is 284 g/mol. The zero-order valence-electron chi connectivity index (χ0n) is 12.0. The molecule has 0 unspecified atom stereocenters. The van der Waals surface area contributed by atoms with E-state index in [0.717, 1.165) is 16.5 Å². The van der Waals surface area contributed by atoms with Crippen LogP contribution < -0.4 is 5.11 Å². The first-order valence-corrected chi connectivity index (χ1v) is 7.29. The second-order valence-electron chi connectivity index (χ2n) is 5.63. The molecule has 6 nitrogen and oxygen atoms in total. The first-order chi connectivity index (χ1) is 10.6. The number of aromatic nitrogens is 1. The van der Waals surface area contributed by atoms with Crippen molar-refractivity contribution in [2.24, 2.45) is 0 Å². The summed E-state index contributed by atoms with van der Waals surface area (Å²) in [5.74, 6) is -1.58. The molecule has 0 radical (unpaired) electrons. The third-order valence-corrected chi connectivity index (χ3v) is 4.15. The maximum Gasteiger partial charge on any atom is 0.223 e. The van der Waals surface area contributed by atoms with Gasteiger partial charge in [0.2, 0.25) is 5.91 Å². The van der Waals surface area contributed by atoms with Crippen LogP contribution in [0.1, 0.15) is 18.4 Å². The Morgan fingerprint density at radius 3 is 2.91 bits per heavy atom. The number of aliphatic carboxylic acids is 1. The SMILES string of the molecule is O=C([O-])[C@H]1C[C@H](O)CN1C(=O)CCc1c[nH]c2ccccc12. The van der Waals surface area contributed by atoms with E-state index in [2.05, 4.69) is 4.98 Å². The van der Waals surface area contributed by atoms with Crippen LogP contribution >= 0.6 is 0 Å². The number of aromatic amines is 1. The smallest absolute Gasteiger partial charge is 0.223 e. The number of carboxylic acids is 1. The molecule has 1 aromatic carbocycles. The van der Waals surface area contributed by atoms with Gasteiger partial charge in [0.15, 0.2) is 0 Å². The summed E-state index contributed by atoms with van der Waals surface area (Å²) < 4.78 is 0. The molecule has 0 bridgehead atoms. The Morgan fingerprint density at radius 1 is 1.36 bits per heavy atom. The Balaban J connectivity index is 1.68. The molecule has 0 saturated carbocycles. The number of likely N-dealkylation sites (tertiary alicyclic amines) is 1. The third kappa shape index (κ3) is 2.69. The number of hydrogen-bond donors (Lipinski definition) is 2. The van der Waals surface area contributed by atoms with Crippen molar-refractivity contribution in [3.8, 4) is 0 Å². The summed E-state index contributed by atoms with van der Waals surface area (Å²) in [4.78, 5) is 27.7. The van der Waals surface area contributed by atoms with Gasteiger partial charge < -0.3 is 24.9 Å². The number of aryl methyl sites for hydroxylation is 1. The zero-order valence-corrected chi connectivity index (χ0v) is 12.0. The lowest BCUT2D eigenvalue weighted by Crippen LogP contribution is -2.47. The molecule has 0 spiro atoms. The van der Waals surface area contributed by atoms with Crippen molar-refractivity contribution in [1.29, 1.82) is 0 Å². The second-order valence-corrected chi connectivity index (χ2v) is 5.63. The number of hydrogen-bond acceptors (Lipinski definition) is 4. The average Bonchev–Trinajstić information content (AvgIpc) is 3.08. The monoisotopic (exact) mass is 301 g/mol. The number of fused-ring (bicyclic) bond motifs is 1. The first kappa shape index (κ1) is 14.6. The molecule has 2 atom stereocenters. The Hall–Kier alpha value is -2.34. The number of para-hydroxylation sites is 1. The van der Waals surface area contributed by atoms with Gasteiger partial charge in [-0.3, -0.25) is 4.79 Å². The van der Waals surface area contributed by atoms with Gasteiger partial charge in [-0.15, -0.1) is 0 Å². The van der Waals surface area contributed by atoms with Crippen molar-refractivity contribution < 1.29 is 19.8 Å². The quantitative estimate of drug-likeness (QED) is 0.818. The standard InChI is InChI=1S/C16H18N2O4/c19-11-7-14(16(21)22)18(9-11)15(20)6-5-10-8-17-13-4-2-1-3-12(10)13/h1-4,8,11,14,17,19H,5-7,9H2,(H,21,22)/p-1/t11-,14+/m0/s1. The number of aliphatic hydroxyl groups excluding tert-OH is 1. The number of carbonyl (C=O) groups excluding carboxylic acids is 2. The van der Waals surface area contributed by atoms with E-state index in [-0.39, 0.29) is 25.3 Å². The Labute approximate surface area is 127 Å². The number of amides is 1. The summed E-state index contributed by atoms with van der Waals surface area (Å²) in [7, 11) is 0. The molecule has 1 saturated heterocycles.